The zero-order chi connectivity index (χ0) is 14.8. The number of nitrogens with one attached hydrogen (secondary N) is 1. The van der Waals surface area contributed by atoms with Crippen LogP contribution in [0.3, 0.4) is 0 Å². The molecule has 20 heavy (non-hydrogen) atoms. The number of anilines is 1. The molecule has 1 heterocycles. The van der Waals surface area contributed by atoms with Crippen LogP contribution in [0.5, 0.6) is 0 Å². The number of nitrogens with zero attached hydrogens (tertiary/aromatic N) is 2. The van der Waals surface area contributed by atoms with Gasteiger partial charge in [-0.05, 0) is 20.8 Å². The summed E-state index contributed by atoms with van der Waals surface area (Å²) >= 11 is 0. The molecule has 0 bridgehead atoms. The minimum Gasteiger partial charge on any atom is -0.383 e. The predicted molar refractivity (Wildman–Crippen MR) is 79.1 cm³/mol. The molecule has 0 atom stereocenters. The molecule has 0 unspecified atom stereocenters. The molecule has 1 aromatic heterocycles. The van der Waals surface area contributed by atoms with E-state index in [0.29, 0.717) is 11.4 Å². The molecule has 0 aliphatic carbocycles. The van der Waals surface area contributed by atoms with Gasteiger partial charge < -0.3 is 11.1 Å². The molecule has 0 saturated carbocycles. The van der Waals surface area contributed by atoms with Crippen LogP contribution in [0.4, 0.5) is 5.82 Å². The molecule has 0 aliphatic heterocycles. The van der Waals surface area contributed by atoms with Crippen molar-refractivity contribution in [1.82, 2.24) is 15.3 Å². The van der Waals surface area contributed by atoms with Gasteiger partial charge in [0.05, 0.1) is 5.56 Å². The smallest absolute Gasteiger partial charge is 0.257 e. The third-order valence-corrected chi connectivity index (χ3v) is 2.58. The van der Waals surface area contributed by atoms with E-state index in [1.807, 2.05) is 51.1 Å². The Balaban J connectivity index is 2.29. The zero-order valence-corrected chi connectivity index (χ0v) is 11.8. The van der Waals surface area contributed by atoms with Gasteiger partial charge in [-0.2, -0.15) is 0 Å². The number of nitrogen functional groups attached to an aromatic ring is 1. The molecule has 0 radical (unpaired) electrons. The minimum absolute atomic E-state index is 0.181. The van der Waals surface area contributed by atoms with Gasteiger partial charge in [0.1, 0.15) is 5.82 Å². The van der Waals surface area contributed by atoms with Crippen LogP contribution < -0.4 is 11.1 Å². The number of hydrogen-bond acceptors (Lipinski definition) is 4. The van der Waals surface area contributed by atoms with Gasteiger partial charge in [0.15, 0.2) is 5.82 Å². The molecule has 0 fully saturated rings. The molecule has 1 aromatic carbocycles. The molecular formula is C15H18N4O. The third kappa shape index (κ3) is 3.32. The van der Waals surface area contributed by atoms with Crippen molar-refractivity contribution in [3.8, 4) is 11.4 Å². The number of carbonyl (C=O) groups is 1. The monoisotopic (exact) mass is 270 g/mol. The Labute approximate surface area is 118 Å². The van der Waals surface area contributed by atoms with Gasteiger partial charge >= 0.3 is 0 Å². The van der Waals surface area contributed by atoms with E-state index in [1.165, 1.54) is 6.20 Å². The van der Waals surface area contributed by atoms with Gasteiger partial charge in [0, 0.05) is 17.3 Å². The first-order chi connectivity index (χ1) is 9.37. The molecule has 1 amide bonds. The highest BCUT2D eigenvalue weighted by atomic mass is 16.1. The van der Waals surface area contributed by atoms with Gasteiger partial charge in [-0.15, -0.1) is 0 Å². The van der Waals surface area contributed by atoms with Crippen LogP contribution in [-0.4, -0.2) is 21.4 Å². The van der Waals surface area contributed by atoms with Crippen LogP contribution in [0.1, 0.15) is 31.1 Å². The lowest BCUT2D eigenvalue weighted by atomic mass is 10.1. The number of hydrogen-bond donors (Lipinski definition) is 2. The molecule has 0 spiro atoms. The van der Waals surface area contributed by atoms with Gasteiger partial charge in [-0.1, -0.05) is 30.3 Å². The summed E-state index contributed by atoms with van der Waals surface area (Å²) < 4.78 is 0. The quantitative estimate of drug-likeness (QED) is 0.877. The largest absolute Gasteiger partial charge is 0.383 e. The van der Waals surface area contributed by atoms with E-state index in [0.717, 1.165) is 5.56 Å². The lowest BCUT2D eigenvalue weighted by Gasteiger charge is -2.20. The van der Waals surface area contributed by atoms with Crippen LogP contribution in [-0.2, 0) is 0 Å². The average molecular weight is 270 g/mol. The van der Waals surface area contributed by atoms with Crippen molar-refractivity contribution in [1.29, 1.82) is 0 Å². The number of aromatic nitrogens is 2. The summed E-state index contributed by atoms with van der Waals surface area (Å²) in [5.74, 6) is 0.422. The van der Waals surface area contributed by atoms with E-state index in [-0.39, 0.29) is 17.3 Å². The Kier molecular flexibility index (Phi) is 3.70. The number of carbonyl (C=O) groups excluding carboxylic acids is 1. The fourth-order valence-corrected chi connectivity index (χ4v) is 1.70. The summed E-state index contributed by atoms with van der Waals surface area (Å²) in [6.45, 7) is 5.71. The Hall–Kier alpha value is -2.43. The third-order valence-electron chi connectivity index (χ3n) is 2.58. The van der Waals surface area contributed by atoms with Crippen LogP contribution >= 0.6 is 0 Å². The van der Waals surface area contributed by atoms with Crippen molar-refractivity contribution < 1.29 is 4.79 Å². The summed E-state index contributed by atoms with van der Waals surface area (Å²) in [4.78, 5) is 20.5. The molecule has 104 valence electrons. The second kappa shape index (κ2) is 5.28. The van der Waals surface area contributed by atoms with Crippen LogP contribution in [0.2, 0.25) is 0 Å². The normalized spacial score (nSPS) is 11.2. The standard InChI is InChI=1S/C15H18N4O/c1-15(2,3)19-14(20)11-9-17-13(18-12(11)16)10-7-5-4-6-8-10/h4-9H,1-3H3,(H,19,20)(H2,16,17,18). The maximum absolute atomic E-state index is 12.1. The van der Waals surface area contributed by atoms with Crippen molar-refractivity contribution in [2.45, 2.75) is 26.3 Å². The van der Waals surface area contributed by atoms with E-state index in [9.17, 15) is 4.79 Å². The van der Waals surface area contributed by atoms with Crippen LogP contribution in [0, 0.1) is 0 Å². The van der Waals surface area contributed by atoms with Crippen molar-refractivity contribution in [3.63, 3.8) is 0 Å². The second-order valence-electron chi connectivity index (χ2n) is 5.56. The predicted octanol–water partition coefficient (Wildman–Crippen LogP) is 2.25. The Morgan fingerprint density at radius 3 is 2.40 bits per heavy atom. The molecule has 3 N–H and O–H groups in total. The first-order valence-electron chi connectivity index (χ1n) is 6.37. The molecule has 0 aliphatic rings. The molecule has 0 saturated heterocycles. The van der Waals surface area contributed by atoms with Crippen molar-refractivity contribution in [2.24, 2.45) is 0 Å². The van der Waals surface area contributed by atoms with Crippen molar-refractivity contribution >= 4 is 11.7 Å². The number of amides is 1. The summed E-state index contributed by atoms with van der Waals surface area (Å²) in [6, 6.07) is 9.50. The summed E-state index contributed by atoms with van der Waals surface area (Å²) in [5, 5.41) is 2.84. The highest BCUT2D eigenvalue weighted by Gasteiger charge is 2.18. The van der Waals surface area contributed by atoms with E-state index < -0.39 is 0 Å². The number of rotatable bonds is 2. The van der Waals surface area contributed by atoms with Crippen LogP contribution in [0.15, 0.2) is 36.5 Å². The topological polar surface area (TPSA) is 80.9 Å². The molecular weight excluding hydrogens is 252 g/mol. The summed E-state index contributed by atoms with van der Waals surface area (Å²) in [5.41, 5.74) is 6.69. The molecule has 2 rings (SSSR count). The fourth-order valence-electron chi connectivity index (χ4n) is 1.70. The first kappa shape index (κ1) is 14.0. The number of benzene rings is 1. The van der Waals surface area contributed by atoms with Crippen molar-refractivity contribution in [3.05, 3.63) is 42.1 Å². The average Bonchev–Trinajstić information content (AvgIpc) is 2.37. The zero-order valence-electron chi connectivity index (χ0n) is 11.8. The fraction of sp³-hybridized carbons (Fsp3) is 0.267. The Morgan fingerprint density at radius 1 is 1.20 bits per heavy atom. The second-order valence-corrected chi connectivity index (χ2v) is 5.56. The lowest BCUT2D eigenvalue weighted by molar-refractivity contribution is 0.0920. The van der Waals surface area contributed by atoms with E-state index in [2.05, 4.69) is 15.3 Å². The number of nitrogens with two attached hydrogens (primary N) is 1. The van der Waals surface area contributed by atoms with Gasteiger partial charge in [-0.3, -0.25) is 4.79 Å². The Morgan fingerprint density at radius 2 is 1.85 bits per heavy atom. The molecule has 2 aromatic rings. The molecule has 5 heteroatoms. The van der Waals surface area contributed by atoms with Gasteiger partial charge in [0.25, 0.3) is 5.91 Å². The van der Waals surface area contributed by atoms with E-state index in [1.54, 1.807) is 0 Å². The van der Waals surface area contributed by atoms with Gasteiger partial charge in [0.2, 0.25) is 0 Å². The SMILES string of the molecule is CC(C)(C)NC(=O)c1cnc(-c2ccccc2)nc1N. The summed E-state index contributed by atoms with van der Waals surface area (Å²) in [7, 11) is 0. The molecule has 5 nitrogen and oxygen atoms in total. The maximum atomic E-state index is 12.1. The highest BCUT2D eigenvalue weighted by molar-refractivity contribution is 5.98. The van der Waals surface area contributed by atoms with Gasteiger partial charge in [-0.25, -0.2) is 9.97 Å². The summed E-state index contributed by atoms with van der Waals surface area (Å²) in [6.07, 6.45) is 1.46. The van der Waals surface area contributed by atoms with E-state index in [4.69, 9.17) is 5.73 Å². The van der Waals surface area contributed by atoms with Crippen LogP contribution in [0.25, 0.3) is 11.4 Å². The minimum atomic E-state index is -0.332. The first-order valence-corrected chi connectivity index (χ1v) is 6.37. The highest BCUT2D eigenvalue weighted by Crippen LogP contribution is 2.17. The lowest BCUT2D eigenvalue weighted by Crippen LogP contribution is -2.41. The maximum Gasteiger partial charge on any atom is 0.257 e. The van der Waals surface area contributed by atoms with Crippen molar-refractivity contribution in [2.75, 3.05) is 5.73 Å². The Bertz CT molecular complexity index is 618. The van der Waals surface area contributed by atoms with E-state index >= 15 is 0 Å².